The Morgan fingerprint density at radius 3 is 3.00 bits per heavy atom. The van der Waals surface area contributed by atoms with Crippen LogP contribution in [-0.4, -0.2) is 25.8 Å². The first-order chi connectivity index (χ1) is 4.31. The molecule has 0 radical (unpaired) electrons. The number of carbonyl (C=O) groups excluding carboxylic acids is 1. The minimum atomic E-state index is -0.421. The molecule has 0 aromatic carbocycles. The van der Waals surface area contributed by atoms with Gasteiger partial charge in [0.25, 0.3) is 0 Å². The fraction of sp³-hybridized carbons (Fsp3) is 0.333. The van der Waals surface area contributed by atoms with Gasteiger partial charge in [-0.05, 0) is 0 Å². The van der Waals surface area contributed by atoms with E-state index in [2.05, 4.69) is 16.3 Å². The Morgan fingerprint density at radius 2 is 2.56 bits per heavy atom. The quantitative estimate of drug-likeness (QED) is 0.313. The van der Waals surface area contributed by atoms with Crippen LogP contribution in [0, 0.1) is 0 Å². The number of nitrogens with zero attached hydrogens (tertiary/aromatic N) is 1. The van der Waals surface area contributed by atoms with Crippen LogP contribution in [0.2, 0.25) is 0 Å². The molecule has 0 atom stereocenters. The summed E-state index contributed by atoms with van der Waals surface area (Å²) in [5.74, 6) is -0.421. The molecule has 0 aromatic rings. The van der Waals surface area contributed by atoms with Crippen molar-refractivity contribution in [1.82, 2.24) is 0 Å². The molecule has 9 heavy (non-hydrogen) atoms. The maximum Gasteiger partial charge on any atom is 0.330 e. The van der Waals surface area contributed by atoms with Crippen LogP contribution in [0.25, 0.3) is 0 Å². The first kappa shape index (κ1) is 7.88. The fourth-order valence-electron chi connectivity index (χ4n) is 0.253. The van der Waals surface area contributed by atoms with Gasteiger partial charge in [-0.15, -0.1) is 0 Å². The van der Waals surface area contributed by atoms with Crippen molar-refractivity contribution in [2.75, 3.05) is 13.7 Å². The van der Waals surface area contributed by atoms with Gasteiger partial charge < -0.3 is 4.74 Å². The van der Waals surface area contributed by atoms with Crippen molar-refractivity contribution in [2.45, 2.75) is 0 Å². The summed E-state index contributed by atoms with van der Waals surface area (Å²) in [6, 6.07) is 0. The minimum absolute atomic E-state index is 0.224. The number of carbonyl (C=O) groups is 1. The van der Waals surface area contributed by atoms with Gasteiger partial charge in [-0.3, -0.25) is 4.99 Å². The highest BCUT2D eigenvalue weighted by molar-refractivity contribution is 5.82. The molecule has 0 bridgehead atoms. The van der Waals surface area contributed by atoms with Crippen molar-refractivity contribution in [2.24, 2.45) is 4.99 Å². The summed E-state index contributed by atoms with van der Waals surface area (Å²) in [5.41, 5.74) is 0. The highest BCUT2D eigenvalue weighted by Gasteiger charge is 1.89. The van der Waals surface area contributed by atoms with Gasteiger partial charge in [-0.25, -0.2) is 4.79 Å². The van der Waals surface area contributed by atoms with Crippen LogP contribution in [0.5, 0.6) is 0 Å². The van der Waals surface area contributed by atoms with E-state index in [-0.39, 0.29) is 6.61 Å². The average molecular weight is 127 g/mol. The highest BCUT2D eigenvalue weighted by atomic mass is 16.5. The summed E-state index contributed by atoms with van der Waals surface area (Å²) in [6.45, 7) is 3.44. The topological polar surface area (TPSA) is 38.7 Å². The summed E-state index contributed by atoms with van der Waals surface area (Å²) >= 11 is 0. The zero-order valence-electron chi connectivity index (χ0n) is 5.33. The highest BCUT2D eigenvalue weighted by Crippen LogP contribution is 1.74. The molecule has 0 heterocycles. The van der Waals surface area contributed by atoms with Crippen molar-refractivity contribution < 1.29 is 9.53 Å². The molecule has 3 nitrogen and oxygen atoms in total. The smallest absolute Gasteiger partial charge is 0.330 e. The Bertz CT molecular complexity index is 129. The van der Waals surface area contributed by atoms with Crippen LogP contribution in [0.3, 0.4) is 0 Å². The number of rotatable bonds is 3. The lowest BCUT2D eigenvalue weighted by atomic mass is 10.6. The van der Waals surface area contributed by atoms with Gasteiger partial charge in [-0.2, -0.15) is 0 Å². The van der Waals surface area contributed by atoms with E-state index < -0.39 is 5.97 Å². The van der Waals surface area contributed by atoms with E-state index in [0.717, 1.165) is 6.08 Å². The molecule has 0 saturated carbocycles. The first-order valence-electron chi connectivity index (χ1n) is 2.51. The van der Waals surface area contributed by atoms with E-state index >= 15 is 0 Å². The second-order valence-corrected chi connectivity index (χ2v) is 1.27. The number of esters is 1. The van der Waals surface area contributed by atoms with E-state index in [9.17, 15) is 4.79 Å². The Kier molecular flexibility index (Phi) is 4.40. The molecule has 3 heteroatoms. The zero-order valence-corrected chi connectivity index (χ0v) is 5.33. The maximum atomic E-state index is 10.3. The summed E-state index contributed by atoms with van der Waals surface area (Å²) < 4.78 is 4.53. The molecule has 0 N–H and O–H groups in total. The van der Waals surface area contributed by atoms with E-state index in [1.807, 2.05) is 0 Å². The van der Waals surface area contributed by atoms with E-state index in [0.29, 0.717) is 0 Å². The molecule has 0 aliphatic heterocycles. The predicted octanol–water partition coefficient (Wildman–Crippen LogP) is 0.416. The van der Waals surface area contributed by atoms with Gasteiger partial charge >= 0.3 is 5.97 Å². The molecule has 0 spiro atoms. The van der Waals surface area contributed by atoms with Gasteiger partial charge in [0.2, 0.25) is 0 Å². The average Bonchev–Trinajstić information content (AvgIpc) is 1.89. The van der Waals surface area contributed by atoms with Crippen molar-refractivity contribution in [3.63, 3.8) is 0 Å². The maximum absolute atomic E-state index is 10.3. The Labute approximate surface area is 54.0 Å². The Hall–Kier alpha value is -1.12. The fourth-order valence-corrected chi connectivity index (χ4v) is 0.253. The first-order valence-corrected chi connectivity index (χ1v) is 2.51. The molecule has 0 rings (SSSR count). The lowest BCUT2D eigenvalue weighted by Crippen LogP contribution is -2.01. The van der Waals surface area contributed by atoms with Crippen LogP contribution in [-0.2, 0) is 9.53 Å². The predicted molar refractivity (Wildman–Crippen MR) is 35.6 cm³/mol. The largest absolute Gasteiger partial charge is 0.457 e. The molecule has 0 unspecified atom stereocenters. The molecule has 0 amide bonds. The van der Waals surface area contributed by atoms with Gasteiger partial charge in [-0.1, -0.05) is 6.58 Å². The lowest BCUT2D eigenvalue weighted by Gasteiger charge is -1.92. The number of hydrogen-bond acceptors (Lipinski definition) is 3. The summed E-state index contributed by atoms with van der Waals surface area (Å²) in [4.78, 5) is 13.9. The van der Waals surface area contributed by atoms with Crippen molar-refractivity contribution in [3.05, 3.63) is 12.7 Å². The van der Waals surface area contributed by atoms with Gasteiger partial charge in [0.15, 0.2) is 0 Å². The molecule has 0 saturated heterocycles. The SMILES string of the molecule is C=CC(=O)OCC=NC. The normalized spacial score (nSPS) is 9.44. The molecule has 0 aliphatic carbocycles. The van der Waals surface area contributed by atoms with Crippen LogP contribution >= 0.6 is 0 Å². The summed E-state index contributed by atoms with van der Waals surface area (Å²) in [5, 5.41) is 0. The number of ether oxygens (including phenoxy) is 1. The Balaban J connectivity index is 3.27. The summed E-state index contributed by atoms with van der Waals surface area (Å²) in [6.07, 6.45) is 2.62. The molecular weight excluding hydrogens is 118 g/mol. The molecule has 0 aliphatic rings. The second-order valence-electron chi connectivity index (χ2n) is 1.27. The van der Waals surface area contributed by atoms with Crippen LogP contribution in [0.4, 0.5) is 0 Å². The van der Waals surface area contributed by atoms with Crippen LogP contribution in [0.15, 0.2) is 17.6 Å². The molecule has 0 fully saturated rings. The lowest BCUT2D eigenvalue weighted by molar-refractivity contribution is -0.135. The van der Waals surface area contributed by atoms with E-state index in [1.165, 1.54) is 6.21 Å². The molecule has 50 valence electrons. The van der Waals surface area contributed by atoms with Crippen LogP contribution < -0.4 is 0 Å². The monoisotopic (exact) mass is 127 g/mol. The van der Waals surface area contributed by atoms with Crippen molar-refractivity contribution in [3.8, 4) is 0 Å². The third kappa shape index (κ3) is 4.74. The summed E-state index contributed by atoms with van der Waals surface area (Å²) in [7, 11) is 1.61. The van der Waals surface area contributed by atoms with Gasteiger partial charge in [0.05, 0.1) is 0 Å². The van der Waals surface area contributed by atoms with E-state index in [1.54, 1.807) is 7.05 Å². The third-order valence-electron chi connectivity index (χ3n) is 0.649. The van der Waals surface area contributed by atoms with E-state index in [4.69, 9.17) is 0 Å². The van der Waals surface area contributed by atoms with Gasteiger partial charge in [0, 0.05) is 19.3 Å². The number of hydrogen-bond donors (Lipinski definition) is 0. The molecular formula is C6H9NO2. The number of aliphatic imine (C=N–C) groups is 1. The Morgan fingerprint density at radius 1 is 1.89 bits per heavy atom. The zero-order chi connectivity index (χ0) is 7.11. The second kappa shape index (κ2) is 5.03. The molecule has 0 aromatic heterocycles. The van der Waals surface area contributed by atoms with Crippen LogP contribution in [0.1, 0.15) is 0 Å². The van der Waals surface area contributed by atoms with Crippen molar-refractivity contribution in [1.29, 1.82) is 0 Å². The van der Waals surface area contributed by atoms with Gasteiger partial charge in [0.1, 0.15) is 6.61 Å². The standard InChI is InChI=1S/C6H9NO2/c1-3-6(8)9-5-4-7-2/h3-4H,1,5H2,2H3. The van der Waals surface area contributed by atoms with Crippen molar-refractivity contribution >= 4 is 12.2 Å². The third-order valence-corrected chi connectivity index (χ3v) is 0.649. The minimum Gasteiger partial charge on any atom is -0.457 e.